The molecule has 0 aromatic heterocycles. The van der Waals surface area contributed by atoms with E-state index in [0.717, 1.165) is 11.3 Å². The van der Waals surface area contributed by atoms with Gasteiger partial charge in [-0.3, -0.25) is 4.79 Å². The Kier molecular flexibility index (Phi) is 4.72. The summed E-state index contributed by atoms with van der Waals surface area (Å²) < 4.78 is 5.30. The molecule has 0 spiro atoms. The number of hydrogen-bond donors (Lipinski definition) is 2. The molecule has 0 bridgehead atoms. The Morgan fingerprint density at radius 1 is 1.35 bits per heavy atom. The molecule has 1 amide bonds. The lowest BCUT2D eigenvalue weighted by atomic mass is 9.79. The molecule has 5 nitrogen and oxygen atoms in total. The first-order valence-corrected chi connectivity index (χ1v) is 6.75. The number of carbonyl (C=O) groups excluding carboxylic acids is 1. The van der Waals surface area contributed by atoms with Crippen LogP contribution in [0.4, 0.5) is 5.69 Å². The Hall–Kier alpha value is -1.90. The lowest BCUT2D eigenvalue weighted by Gasteiger charge is -2.34. The second-order valence-electron chi connectivity index (χ2n) is 5.08. The zero-order valence-corrected chi connectivity index (χ0v) is 11.4. The first kappa shape index (κ1) is 14.5. The number of nitrogens with two attached hydrogens (primary N) is 1. The first-order valence-electron chi connectivity index (χ1n) is 6.75. The Balaban J connectivity index is 2.04. The van der Waals surface area contributed by atoms with Crippen LogP contribution in [-0.2, 0) is 16.0 Å². The molecule has 0 radical (unpaired) electrons. The zero-order valence-electron chi connectivity index (χ0n) is 11.4. The van der Waals surface area contributed by atoms with Gasteiger partial charge in [0.25, 0.3) is 0 Å². The third-order valence-corrected chi connectivity index (χ3v) is 3.82. The van der Waals surface area contributed by atoms with Crippen molar-refractivity contribution in [3.05, 3.63) is 29.8 Å². The standard InChI is InChI=1S/C15H19N3O2/c16-8-5-12-1-3-13(4-2-12)18-14(19)15(11-17)6-9-20-10-7-15/h1-4H,5-7,9-11,17H2,(H,18,19). The third kappa shape index (κ3) is 3.16. The zero-order chi connectivity index (χ0) is 14.4. The van der Waals surface area contributed by atoms with E-state index in [4.69, 9.17) is 15.7 Å². The summed E-state index contributed by atoms with van der Waals surface area (Å²) in [6.07, 6.45) is 1.68. The molecule has 1 aromatic rings. The van der Waals surface area contributed by atoms with Crippen LogP contribution in [0.5, 0.6) is 0 Å². The van der Waals surface area contributed by atoms with Gasteiger partial charge >= 0.3 is 0 Å². The summed E-state index contributed by atoms with van der Waals surface area (Å²) in [7, 11) is 0. The SMILES string of the molecule is N#CCc1ccc(NC(=O)C2(CN)CCOCC2)cc1. The highest BCUT2D eigenvalue weighted by Crippen LogP contribution is 2.30. The van der Waals surface area contributed by atoms with Crippen molar-refractivity contribution < 1.29 is 9.53 Å². The average molecular weight is 273 g/mol. The Labute approximate surface area is 118 Å². The van der Waals surface area contributed by atoms with Crippen LogP contribution in [0, 0.1) is 16.7 Å². The number of benzene rings is 1. The van der Waals surface area contributed by atoms with Crippen molar-refractivity contribution in [2.75, 3.05) is 25.1 Å². The van der Waals surface area contributed by atoms with Gasteiger partial charge in [-0.1, -0.05) is 12.1 Å². The largest absolute Gasteiger partial charge is 0.381 e. The van der Waals surface area contributed by atoms with E-state index in [1.165, 1.54) is 0 Å². The highest BCUT2D eigenvalue weighted by molar-refractivity contribution is 5.95. The lowest BCUT2D eigenvalue weighted by Crippen LogP contribution is -2.46. The number of rotatable bonds is 4. The highest BCUT2D eigenvalue weighted by atomic mass is 16.5. The van der Waals surface area contributed by atoms with E-state index in [1.807, 2.05) is 24.3 Å². The minimum absolute atomic E-state index is 0.0451. The van der Waals surface area contributed by atoms with Gasteiger partial charge in [-0.05, 0) is 30.5 Å². The fourth-order valence-electron chi connectivity index (χ4n) is 2.35. The minimum Gasteiger partial charge on any atom is -0.381 e. The number of nitrogens with zero attached hydrogens (tertiary/aromatic N) is 1. The highest BCUT2D eigenvalue weighted by Gasteiger charge is 2.38. The summed E-state index contributed by atoms with van der Waals surface area (Å²) in [6, 6.07) is 9.41. The third-order valence-electron chi connectivity index (χ3n) is 3.82. The van der Waals surface area contributed by atoms with E-state index in [-0.39, 0.29) is 5.91 Å². The van der Waals surface area contributed by atoms with Crippen molar-refractivity contribution in [3.8, 4) is 6.07 Å². The molecule has 5 heteroatoms. The van der Waals surface area contributed by atoms with E-state index in [9.17, 15) is 4.79 Å². The summed E-state index contributed by atoms with van der Waals surface area (Å²) >= 11 is 0. The number of nitrogens with one attached hydrogen (secondary N) is 1. The van der Waals surface area contributed by atoms with Crippen molar-refractivity contribution in [3.63, 3.8) is 0 Å². The molecule has 0 atom stereocenters. The number of amides is 1. The van der Waals surface area contributed by atoms with E-state index < -0.39 is 5.41 Å². The molecule has 1 heterocycles. The quantitative estimate of drug-likeness (QED) is 0.869. The van der Waals surface area contributed by atoms with Gasteiger partial charge in [-0.25, -0.2) is 0 Å². The number of nitriles is 1. The summed E-state index contributed by atoms with van der Waals surface area (Å²) in [5, 5.41) is 11.5. The molecule has 1 fully saturated rings. The average Bonchev–Trinajstić information content (AvgIpc) is 2.50. The van der Waals surface area contributed by atoms with Crippen LogP contribution in [0.2, 0.25) is 0 Å². The summed E-state index contributed by atoms with van der Waals surface area (Å²) in [6.45, 7) is 1.48. The molecular formula is C15H19N3O2. The Morgan fingerprint density at radius 2 is 2.00 bits per heavy atom. The number of carbonyl (C=O) groups is 1. The van der Waals surface area contributed by atoms with E-state index in [0.29, 0.717) is 39.0 Å². The molecule has 2 rings (SSSR count). The fourth-order valence-corrected chi connectivity index (χ4v) is 2.35. The topological polar surface area (TPSA) is 88.1 Å². The van der Waals surface area contributed by atoms with Crippen LogP contribution < -0.4 is 11.1 Å². The van der Waals surface area contributed by atoms with Gasteiger partial charge < -0.3 is 15.8 Å². The van der Waals surface area contributed by atoms with Gasteiger partial charge in [0.15, 0.2) is 0 Å². The Morgan fingerprint density at radius 3 is 2.55 bits per heavy atom. The van der Waals surface area contributed by atoms with E-state index >= 15 is 0 Å². The maximum atomic E-state index is 12.4. The molecular weight excluding hydrogens is 254 g/mol. The maximum Gasteiger partial charge on any atom is 0.232 e. The van der Waals surface area contributed by atoms with Gasteiger partial charge in [0.1, 0.15) is 0 Å². The Bertz CT molecular complexity index is 499. The van der Waals surface area contributed by atoms with Gasteiger partial charge in [0, 0.05) is 25.4 Å². The normalized spacial score (nSPS) is 17.2. The van der Waals surface area contributed by atoms with Crippen molar-refractivity contribution in [2.24, 2.45) is 11.1 Å². The van der Waals surface area contributed by atoms with Crippen LogP contribution in [0.25, 0.3) is 0 Å². The maximum absolute atomic E-state index is 12.4. The first-order chi connectivity index (χ1) is 9.70. The molecule has 106 valence electrons. The monoisotopic (exact) mass is 273 g/mol. The molecule has 0 unspecified atom stereocenters. The summed E-state index contributed by atoms with van der Waals surface area (Å²) in [5.74, 6) is -0.0451. The predicted molar refractivity (Wildman–Crippen MR) is 75.9 cm³/mol. The fraction of sp³-hybridized carbons (Fsp3) is 0.467. The number of hydrogen-bond acceptors (Lipinski definition) is 4. The lowest BCUT2D eigenvalue weighted by molar-refractivity contribution is -0.130. The molecule has 20 heavy (non-hydrogen) atoms. The molecule has 1 aromatic carbocycles. The van der Waals surface area contributed by atoms with Gasteiger partial charge in [-0.15, -0.1) is 0 Å². The van der Waals surface area contributed by atoms with Crippen molar-refractivity contribution >= 4 is 11.6 Å². The second-order valence-corrected chi connectivity index (χ2v) is 5.08. The smallest absolute Gasteiger partial charge is 0.232 e. The summed E-state index contributed by atoms with van der Waals surface area (Å²) in [5.41, 5.74) is 6.95. The van der Waals surface area contributed by atoms with Crippen molar-refractivity contribution in [1.29, 1.82) is 5.26 Å². The number of anilines is 1. The molecule has 1 aliphatic rings. The molecule has 3 N–H and O–H groups in total. The van der Waals surface area contributed by atoms with Crippen molar-refractivity contribution in [2.45, 2.75) is 19.3 Å². The van der Waals surface area contributed by atoms with Crippen LogP contribution in [0.3, 0.4) is 0 Å². The molecule has 0 aliphatic carbocycles. The van der Waals surface area contributed by atoms with Crippen molar-refractivity contribution in [1.82, 2.24) is 0 Å². The predicted octanol–water partition coefficient (Wildman–Crippen LogP) is 1.45. The van der Waals surface area contributed by atoms with E-state index in [2.05, 4.69) is 11.4 Å². The molecule has 1 saturated heterocycles. The minimum atomic E-state index is -0.524. The van der Waals surface area contributed by atoms with Crippen LogP contribution >= 0.6 is 0 Å². The molecule has 1 aliphatic heterocycles. The number of ether oxygens (including phenoxy) is 1. The van der Waals surface area contributed by atoms with Crippen LogP contribution in [-0.4, -0.2) is 25.7 Å². The molecule has 0 saturated carbocycles. The van der Waals surface area contributed by atoms with Crippen LogP contribution in [0.15, 0.2) is 24.3 Å². The van der Waals surface area contributed by atoms with E-state index in [1.54, 1.807) is 0 Å². The van der Waals surface area contributed by atoms with Gasteiger partial charge in [0.05, 0.1) is 17.9 Å². The summed E-state index contributed by atoms with van der Waals surface area (Å²) in [4.78, 5) is 12.4. The van der Waals surface area contributed by atoms with Gasteiger partial charge in [0.2, 0.25) is 5.91 Å². The van der Waals surface area contributed by atoms with Crippen LogP contribution in [0.1, 0.15) is 18.4 Å². The second kappa shape index (κ2) is 6.51. The van der Waals surface area contributed by atoms with Gasteiger partial charge in [-0.2, -0.15) is 5.26 Å².